The van der Waals surface area contributed by atoms with Gasteiger partial charge in [-0.2, -0.15) is 27.8 Å². The van der Waals surface area contributed by atoms with E-state index in [1.165, 1.54) is 19.3 Å². The lowest BCUT2D eigenvalue weighted by Gasteiger charge is -2.40. The molecule has 0 saturated carbocycles. The molecule has 4 atom stereocenters. The maximum absolute atomic E-state index is 16.9. The van der Waals surface area contributed by atoms with Crippen LogP contribution in [-0.2, 0) is 6.18 Å². The average molecular weight is 749 g/mol. The highest BCUT2D eigenvalue weighted by Gasteiger charge is 2.49. The molecule has 4 aromatic rings. The van der Waals surface area contributed by atoms with E-state index in [9.17, 15) is 22.4 Å². The topological polar surface area (TPSA) is 140 Å². The van der Waals surface area contributed by atoms with Crippen LogP contribution in [0.1, 0.15) is 62.4 Å². The summed E-state index contributed by atoms with van der Waals surface area (Å²) in [7, 11) is 0. The Morgan fingerprint density at radius 2 is 1.98 bits per heavy atom. The molecule has 3 aliphatic heterocycles. The van der Waals surface area contributed by atoms with E-state index < -0.39 is 46.6 Å². The number of carbonyl (C=O) groups is 1. The van der Waals surface area contributed by atoms with Crippen LogP contribution in [0.25, 0.3) is 22.2 Å². The predicted octanol–water partition coefficient (Wildman–Crippen LogP) is 6.25. The van der Waals surface area contributed by atoms with Crippen molar-refractivity contribution in [1.82, 2.24) is 39.9 Å². The summed E-state index contributed by atoms with van der Waals surface area (Å²) in [5.74, 6) is -0.679. The SMILES string of the molecule is CCC1CC(NC(=O)n2cnc(C)n2)CCN1c1nc(OC[C@@]23CCCN2C[C@H](F)C3)nc2c(F)c(-c3nc(N)cc(C)c3C(F)(F)F)c(Cl)cc12. The molecule has 3 aromatic heterocycles. The van der Waals surface area contributed by atoms with Gasteiger partial charge >= 0.3 is 18.2 Å². The first-order valence-corrected chi connectivity index (χ1v) is 17.6. The summed E-state index contributed by atoms with van der Waals surface area (Å²) >= 11 is 6.66. The van der Waals surface area contributed by atoms with Crippen molar-refractivity contribution in [2.24, 2.45) is 0 Å². The molecule has 3 aliphatic rings. The van der Waals surface area contributed by atoms with Crippen molar-refractivity contribution in [3.8, 4) is 17.3 Å². The standard InChI is InChI=1S/C34H38ClF5N10O2/c1-4-21-11-20(43-32(51)50-16-42-18(3)47-50)6-9-49(21)30-22-12-23(35)25(29-26(34(38,39)40)17(2)10-24(41)44-29)27(37)28(22)45-31(46-30)52-15-33-7-5-8-48(33)14-19(36)13-33/h10,12,16,19-21H,4-9,11,13-15H2,1-3H3,(H2,41,44)(H,43,51)/t19-,20?,21?,33+/m1/s1. The van der Waals surface area contributed by atoms with Crippen molar-refractivity contribution in [2.75, 3.05) is 36.9 Å². The first-order chi connectivity index (χ1) is 24.7. The van der Waals surface area contributed by atoms with E-state index in [4.69, 9.17) is 27.1 Å². The van der Waals surface area contributed by atoms with E-state index >= 15 is 4.39 Å². The van der Waals surface area contributed by atoms with Gasteiger partial charge in [0.15, 0.2) is 5.82 Å². The lowest BCUT2D eigenvalue weighted by molar-refractivity contribution is -0.137. The summed E-state index contributed by atoms with van der Waals surface area (Å²) in [6, 6.07) is 1.31. The number of ether oxygens (including phenoxy) is 1. The van der Waals surface area contributed by atoms with Gasteiger partial charge in [-0.15, -0.1) is 5.10 Å². The summed E-state index contributed by atoms with van der Waals surface area (Å²) in [6.07, 6.45) is -1.18. The van der Waals surface area contributed by atoms with E-state index in [1.54, 1.807) is 6.92 Å². The maximum atomic E-state index is 16.9. The number of benzene rings is 1. The molecule has 0 spiro atoms. The number of aryl methyl sites for hydroxylation is 2. The molecule has 0 bridgehead atoms. The number of fused-ring (bicyclic) bond motifs is 2. The fourth-order valence-corrected chi connectivity index (χ4v) is 8.36. The van der Waals surface area contributed by atoms with E-state index in [0.29, 0.717) is 38.1 Å². The first-order valence-electron chi connectivity index (χ1n) is 17.2. The van der Waals surface area contributed by atoms with Crippen molar-refractivity contribution >= 4 is 40.2 Å². The predicted molar refractivity (Wildman–Crippen MR) is 184 cm³/mol. The highest BCUT2D eigenvalue weighted by Crippen LogP contribution is 2.46. The van der Waals surface area contributed by atoms with Gasteiger partial charge < -0.3 is 20.7 Å². The van der Waals surface area contributed by atoms with Gasteiger partial charge in [0.2, 0.25) is 0 Å². The molecule has 7 rings (SSSR count). The molecule has 3 fully saturated rings. The average Bonchev–Trinajstić information content (AvgIpc) is 3.76. The molecular weight excluding hydrogens is 711 g/mol. The van der Waals surface area contributed by atoms with Gasteiger partial charge in [-0.05, 0) is 70.2 Å². The number of nitrogens with zero attached hydrogens (tertiary/aromatic N) is 8. The Morgan fingerprint density at radius 3 is 2.69 bits per heavy atom. The molecule has 18 heteroatoms. The van der Waals surface area contributed by atoms with Gasteiger partial charge in [0, 0.05) is 37.0 Å². The summed E-state index contributed by atoms with van der Waals surface area (Å²) in [4.78, 5) is 33.9. The van der Waals surface area contributed by atoms with Crippen LogP contribution in [0.2, 0.25) is 5.02 Å². The smallest absolute Gasteiger partial charge is 0.418 e. The van der Waals surface area contributed by atoms with E-state index in [-0.39, 0.29) is 70.8 Å². The summed E-state index contributed by atoms with van der Waals surface area (Å²) in [5, 5.41) is 6.87. The quantitative estimate of drug-likeness (QED) is 0.208. The van der Waals surface area contributed by atoms with Gasteiger partial charge in [0.1, 0.15) is 42.1 Å². The molecule has 12 nitrogen and oxygen atoms in total. The second kappa shape index (κ2) is 13.5. The van der Waals surface area contributed by atoms with Gasteiger partial charge in [0.05, 0.1) is 27.4 Å². The third kappa shape index (κ3) is 6.57. The Labute approximate surface area is 300 Å². The van der Waals surface area contributed by atoms with Crippen LogP contribution in [0.4, 0.5) is 38.4 Å². The number of nitrogens with one attached hydrogen (secondary N) is 1. The number of piperidine rings is 1. The Balaban J connectivity index is 1.31. The lowest BCUT2D eigenvalue weighted by atomic mass is 9.94. The Hall–Kier alpha value is -4.38. The number of hydrogen-bond donors (Lipinski definition) is 2. The van der Waals surface area contributed by atoms with Crippen molar-refractivity contribution in [3.05, 3.63) is 46.3 Å². The van der Waals surface area contributed by atoms with Gasteiger partial charge in [-0.3, -0.25) is 4.90 Å². The van der Waals surface area contributed by atoms with E-state index in [0.717, 1.165) is 23.7 Å². The second-order valence-electron chi connectivity index (χ2n) is 13.9. The molecule has 6 heterocycles. The number of nitrogen functional groups attached to an aromatic ring is 1. The molecule has 3 saturated heterocycles. The van der Waals surface area contributed by atoms with Crippen molar-refractivity contribution in [2.45, 2.75) is 89.3 Å². The zero-order valence-corrected chi connectivity index (χ0v) is 29.5. The summed E-state index contributed by atoms with van der Waals surface area (Å²) < 4.78 is 81.9. The highest BCUT2D eigenvalue weighted by atomic mass is 35.5. The fraction of sp³-hybridized carbons (Fsp3) is 0.529. The van der Waals surface area contributed by atoms with Crippen molar-refractivity contribution in [1.29, 1.82) is 0 Å². The Kier molecular flexibility index (Phi) is 9.38. The van der Waals surface area contributed by atoms with Crippen LogP contribution < -0.4 is 20.7 Å². The van der Waals surface area contributed by atoms with Crippen LogP contribution in [0.3, 0.4) is 0 Å². The number of aromatic nitrogens is 6. The van der Waals surface area contributed by atoms with Crippen molar-refractivity contribution in [3.63, 3.8) is 0 Å². The molecule has 0 aliphatic carbocycles. The summed E-state index contributed by atoms with van der Waals surface area (Å²) in [5.41, 5.74) is 2.17. The largest absolute Gasteiger partial charge is 0.461 e. The number of halogens is 6. The molecule has 0 radical (unpaired) electrons. The number of carbonyl (C=O) groups excluding carboxylic acids is 1. The van der Waals surface area contributed by atoms with Crippen LogP contribution >= 0.6 is 11.6 Å². The zero-order valence-electron chi connectivity index (χ0n) is 28.8. The molecule has 278 valence electrons. The van der Waals surface area contributed by atoms with Crippen LogP contribution in [-0.4, -0.2) is 90.7 Å². The minimum absolute atomic E-state index is 0.0433. The number of pyridine rings is 1. The number of hydrogen-bond acceptors (Lipinski definition) is 10. The van der Waals surface area contributed by atoms with Gasteiger partial charge in [-0.1, -0.05) is 18.5 Å². The molecular formula is C34H38ClF5N10O2. The highest BCUT2D eigenvalue weighted by molar-refractivity contribution is 6.34. The summed E-state index contributed by atoms with van der Waals surface area (Å²) in [6.45, 7) is 6.27. The van der Waals surface area contributed by atoms with Crippen molar-refractivity contribution < 1.29 is 31.5 Å². The molecule has 52 heavy (non-hydrogen) atoms. The first kappa shape index (κ1) is 36.0. The van der Waals surface area contributed by atoms with Gasteiger partial charge in [0.25, 0.3) is 0 Å². The van der Waals surface area contributed by atoms with Gasteiger partial charge in [-0.25, -0.2) is 23.5 Å². The second-order valence-corrected chi connectivity index (χ2v) is 14.3. The van der Waals surface area contributed by atoms with Crippen LogP contribution in [0.5, 0.6) is 6.01 Å². The van der Waals surface area contributed by atoms with E-state index in [1.807, 2.05) is 11.8 Å². The number of nitrogens with two attached hydrogens (primary N) is 1. The maximum Gasteiger partial charge on any atom is 0.418 e. The molecule has 1 aromatic carbocycles. The third-order valence-corrected chi connectivity index (χ3v) is 10.7. The van der Waals surface area contributed by atoms with E-state index in [2.05, 4.69) is 30.3 Å². The molecule has 3 N–H and O–H groups in total. The fourth-order valence-electron chi connectivity index (χ4n) is 8.08. The number of rotatable bonds is 7. The Morgan fingerprint density at radius 1 is 1.19 bits per heavy atom. The minimum Gasteiger partial charge on any atom is -0.461 e. The third-order valence-electron chi connectivity index (χ3n) is 10.4. The van der Waals surface area contributed by atoms with Crippen LogP contribution in [0, 0.1) is 19.7 Å². The number of alkyl halides is 4. The monoisotopic (exact) mass is 748 g/mol. The normalized spacial score (nSPS) is 23.7. The molecule has 2 unspecified atom stereocenters. The zero-order chi connectivity index (χ0) is 37.1. The lowest BCUT2D eigenvalue weighted by Crippen LogP contribution is -2.51. The number of anilines is 2. The molecule has 1 amide bonds. The number of amides is 1. The van der Waals surface area contributed by atoms with Crippen LogP contribution in [0.15, 0.2) is 18.5 Å². The Bertz CT molecular complexity index is 2030. The minimum atomic E-state index is -4.90.